The summed E-state index contributed by atoms with van der Waals surface area (Å²) >= 11 is 0. The number of benzene rings is 3. The molecule has 3 aromatic carbocycles. The van der Waals surface area contributed by atoms with Crippen LogP contribution in [0.3, 0.4) is 0 Å². The van der Waals surface area contributed by atoms with E-state index in [2.05, 4.69) is 11.1 Å². The maximum atomic E-state index is 11.3. The lowest BCUT2D eigenvalue weighted by Gasteiger charge is -2.13. The number of nitro groups is 1. The fourth-order valence-electron chi connectivity index (χ4n) is 4.71. The molecule has 0 bridgehead atoms. The van der Waals surface area contributed by atoms with Crippen LogP contribution < -0.4 is 4.74 Å². The normalized spacial score (nSPS) is 10.8. The van der Waals surface area contributed by atoms with Crippen molar-refractivity contribution in [1.82, 2.24) is 19.7 Å². The molecular formula is C31H20N6O3. The van der Waals surface area contributed by atoms with Crippen LogP contribution in [0.5, 0.6) is 5.75 Å². The Morgan fingerprint density at radius 2 is 1.60 bits per heavy atom. The van der Waals surface area contributed by atoms with Crippen LogP contribution in [0, 0.1) is 21.4 Å². The van der Waals surface area contributed by atoms with Crippen LogP contribution >= 0.6 is 0 Å². The van der Waals surface area contributed by atoms with E-state index in [-0.39, 0.29) is 5.69 Å². The summed E-state index contributed by atoms with van der Waals surface area (Å²) in [6, 6.07) is 29.2. The molecule has 0 N–H and O–H groups in total. The monoisotopic (exact) mass is 524 g/mol. The predicted molar refractivity (Wildman–Crippen MR) is 151 cm³/mol. The lowest BCUT2D eigenvalue weighted by Crippen LogP contribution is -2.01. The molecular weight excluding hydrogens is 504 g/mol. The summed E-state index contributed by atoms with van der Waals surface area (Å²) in [4.78, 5) is 20.1. The van der Waals surface area contributed by atoms with E-state index in [1.807, 2.05) is 66.7 Å². The van der Waals surface area contributed by atoms with Gasteiger partial charge in [0.25, 0.3) is 5.69 Å². The first-order chi connectivity index (χ1) is 19.6. The smallest absolute Gasteiger partial charge is 0.269 e. The van der Waals surface area contributed by atoms with Gasteiger partial charge in [-0.25, -0.2) is 9.67 Å². The molecule has 0 spiro atoms. The molecule has 0 atom stereocenters. The van der Waals surface area contributed by atoms with E-state index in [0.29, 0.717) is 44.9 Å². The molecule has 40 heavy (non-hydrogen) atoms. The number of hydrogen-bond acceptors (Lipinski definition) is 7. The lowest BCUT2D eigenvalue weighted by atomic mass is 9.92. The molecule has 6 aromatic rings. The molecule has 3 aromatic heterocycles. The van der Waals surface area contributed by atoms with Crippen molar-refractivity contribution in [2.24, 2.45) is 0 Å². The van der Waals surface area contributed by atoms with Crippen LogP contribution in [-0.2, 0) is 0 Å². The van der Waals surface area contributed by atoms with Gasteiger partial charge in [0.2, 0.25) is 0 Å². The van der Waals surface area contributed by atoms with Gasteiger partial charge in [0.1, 0.15) is 17.5 Å². The van der Waals surface area contributed by atoms with Crippen LogP contribution in [-0.4, -0.2) is 31.8 Å². The van der Waals surface area contributed by atoms with E-state index in [4.69, 9.17) is 14.8 Å². The molecule has 0 saturated carbocycles. The van der Waals surface area contributed by atoms with Crippen LogP contribution in [0.25, 0.3) is 50.4 Å². The molecule has 9 nitrogen and oxygen atoms in total. The van der Waals surface area contributed by atoms with E-state index in [1.54, 1.807) is 36.3 Å². The third-order valence-electron chi connectivity index (χ3n) is 6.59. The zero-order valence-electron chi connectivity index (χ0n) is 21.2. The lowest BCUT2D eigenvalue weighted by molar-refractivity contribution is -0.384. The molecule has 0 saturated heterocycles. The number of methoxy groups -OCH3 is 1. The quantitative estimate of drug-likeness (QED) is 0.178. The van der Waals surface area contributed by atoms with Crippen molar-refractivity contribution < 1.29 is 9.66 Å². The first-order valence-electron chi connectivity index (χ1n) is 12.3. The highest BCUT2D eigenvalue weighted by Gasteiger charge is 2.26. The average molecular weight is 525 g/mol. The Labute approximate surface area is 228 Å². The Morgan fingerprint density at radius 3 is 2.23 bits per heavy atom. The highest BCUT2D eigenvalue weighted by molar-refractivity contribution is 6.07. The molecule has 0 aliphatic heterocycles. The molecule has 0 fully saturated rings. The number of nitrogens with zero attached hydrogens (tertiary/aromatic N) is 6. The Morgan fingerprint density at radius 1 is 0.875 bits per heavy atom. The number of pyridine rings is 2. The largest absolute Gasteiger partial charge is 0.497 e. The fourth-order valence-corrected chi connectivity index (χ4v) is 4.71. The van der Waals surface area contributed by atoms with Crippen LogP contribution in [0.15, 0.2) is 103 Å². The van der Waals surface area contributed by atoms with Crippen molar-refractivity contribution in [3.05, 3.63) is 119 Å². The number of rotatable bonds is 6. The summed E-state index contributed by atoms with van der Waals surface area (Å²) in [6.07, 6.45) is 3.42. The molecule has 0 amide bonds. The van der Waals surface area contributed by atoms with E-state index < -0.39 is 4.92 Å². The van der Waals surface area contributed by atoms with Gasteiger partial charge < -0.3 is 4.74 Å². The molecule has 6 rings (SSSR count). The van der Waals surface area contributed by atoms with Crippen LogP contribution in [0.2, 0.25) is 0 Å². The van der Waals surface area contributed by atoms with Crippen molar-refractivity contribution in [1.29, 1.82) is 5.26 Å². The third-order valence-corrected chi connectivity index (χ3v) is 6.59. The van der Waals surface area contributed by atoms with E-state index in [0.717, 1.165) is 16.8 Å². The number of hydrogen-bond donors (Lipinski definition) is 0. The second-order valence-corrected chi connectivity index (χ2v) is 8.89. The second-order valence-electron chi connectivity index (χ2n) is 8.89. The zero-order chi connectivity index (χ0) is 27.6. The minimum atomic E-state index is -0.459. The molecule has 9 heteroatoms. The average Bonchev–Trinajstić information content (AvgIpc) is 3.40. The van der Waals surface area contributed by atoms with Crippen molar-refractivity contribution >= 4 is 16.7 Å². The van der Waals surface area contributed by atoms with E-state index in [9.17, 15) is 15.4 Å². The van der Waals surface area contributed by atoms with Gasteiger partial charge in [-0.1, -0.05) is 30.3 Å². The summed E-state index contributed by atoms with van der Waals surface area (Å²) < 4.78 is 7.12. The van der Waals surface area contributed by atoms with Gasteiger partial charge in [-0.2, -0.15) is 10.4 Å². The molecule has 0 aliphatic rings. The van der Waals surface area contributed by atoms with Gasteiger partial charge in [-0.15, -0.1) is 0 Å². The molecule has 0 unspecified atom stereocenters. The Bertz CT molecular complexity index is 1890. The van der Waals surface area contributed by atoms with Crippen LogP contribution in [0.4, 0.5) is 5.69 Å². The molecule has 0 aliphatic carbocycles. The minimum Gasteiger partial charge on any atom is -0.497 e. The van der Waals surface area contributed by atoms with Crippen molar-refractivity contribution in [2.75, 3.05) is 7.11 Å². The minimum absolute atomic E-state index is 0.0492. The Hall–Kier alpha value is -5.88. The van der Waals surface area contributed by atoms with Crippen LogP contribution in [0.1, 0.15) is 5.56 Å². The maximum absolute atomic E-state index is 11.3. The highest BCUT2D eigenvalue weighted by atomic mass is 16.6. The Balaban J connectivity index is 1.76. The number of aromatic nitrogens is 4. The number of nitriles is 1. The summed E-state index contributed by atoms with van der Waals surface area (Å²) in [5, 5.41) is 27.5. The SMILES string of the molecule is COc1ccc(-c2c(C#N)c(-c3ccc([N+](=O)[O-])cc3)nc3c2c(-c2cccnc2)nn3-c2ccccc2)cc1. The second kappa shape index (κ2) is 10.1. The van der Waals surface area contributed by atoms with Gasteiger partial charge in [0.05, 0.1) is 34.4 Å². The highest BCUT2D eigenvalue weighted by Crippen LogP contribution is 2.42. The fraction of sp³-hybridized carbons (Fsp3) is 0.0323. The molecule has 192 valence electrons. The number of nitro benzene ring substituents is 1. The van der Waals surface area contributed by atoms with Crippen molar-refractivity contribution in [3.63, 3.8) is 0 Å². The van der Waals surface area contributed by atoms with E-state index >= 15 is 0 Å². The summed E-state index contributed by atoms with van der Waals surface area (Å²) in [5.41, 5.74) is 5.36. The first kappa shape index (κ1) is 24.5. The van der Waals surface area contributed by atoms with Gasteiger partial charge in [-0.3, -0.25) is 15.1 Å². The van der Waals surface area contributed by atoms with Gasteiger partial charge in [0.15, 0.2) is 5.65 Å². The number of non-ortho nitro benzene ring substituents is 1. The third kappa shape index (κ3) is 4.19. The van der Waals surface area contributed by atoms with Crippen molar-refractivity contribution in [2.45, 2.75) is 0 Å². The number of fused-ring (bicyclic) bond motifs is 1. The standard InChI is InChI=1S/C31H20N6O3/c1-40-25-15-11-20(12-16-25)27-26(18-32)29(21-9-13-24(14-10-21)37(38)39)34-31-28(27)30(22-6-5-17-33-19-22)35-36(31)23-7-3-2-4-8-23/h2-17,19H,1H3. The predicted octanol–water partition coefficient (Wildman–Crippen LogP) is 6.60. The summed E-state index contributed by atoms with van der Waals surface area (Å²) in [5.74, 6) is 0.676. The summed E-state index contributed by atoms with van der Waals surface area (Å²) in [6.45, 7) is 0. The molecule has 3 heterocycles. The number of para-hydroxylation sites is 1. The zero-order valence-corrected chi connectivity index (χ0v) is 21.2. The number of ether oxygens (including phenoxy) is 1. The van der Waals surface area contributed by atoms with Crippen molar-refractivity contribution in [3.8, 4) is 51.1 Å². The van der Waals surface area contributed by atoms with Gasteiger partial charge in [0, 0.05) is 41.2 Å². The van der Waals surface area contributed by atoms with Gasteiger partial charge >= 0.3 is 0 Å². The Kier molecular flexibility index (Phi) is 6.18. The first-order valence-corrected chi connectivity index (χ1v) is 12.3. The topological polar surface area (TPSA) is 120 Å². The summed E-state index contributed by atoms with van der Waals surface area (Å²) in [7, 11) is 1.59. The van der Waals surface area contributed by atoms with Gasteiger partial charge in [-0.05, 0) is 54.1 Å². The molecule has 0 radical (unpaired) electrons. The maximum Gasteiger partial charge on any atom is 0.269 e. The van der Waals surface area contributed by atoms with E-state index in [1.165, 1.54) is 12.1 Å².